The summed E-state index contributed by atoms with van der Waals surface area (Å²) in [4.78, 5) is 18.4. The van der Waals surface area contributed by atoms with Crippen molar-refractivity contribution in [1.82, 2.24) is 10.2 Å². The molecule has 7 heteroatoms. The van der Waals surface area contributed by atoms with Gasteiger partial charge in [0.2, 0.25) is 0 Å². The van der Waals surface area contributed by atoms with E-state index < -0.39 is 0 Å². The van der Waals surface area contributed by atoms with E-state index in [9.17, 15) is 4.79 Å². The number of likely N-dealkylation sites (tertiary alicyclic amines) is 1. The third kappa shape index (κ3) is 6.58. The zero-order valence-corrected chi connectivity index (χ0v) is 17.1. The Morgan fingerprint density at radius 1 is 1.46 bits per heavy atom. The minimum absolute atomic E-state index is 0. The first-order valence-electron chi connectivity index (χ1n) is 8.62. The smallest absolute Gasteiger partial charge is 0.309 e. The highest BCUT2D eigenvalue weighted by Gasteiger charge is 2.27. The lowest BCUT2D eigenvalue weighted by atomic mass is 9.97. The SMILES string of the molecule is CCOC(=O)C1CCN(C(=NC)NCCC2=CCOCC2)CC1.I. The van der Waals surface area contributed by atoms with E-state index in [0.29, 0.717) is 6.61 Å². The third-order valence-electron chi connectivity index (χ3n) is 4.41. The molecule has 2 aliphatic heterocycles. The summed E-state index contributed by atoms with van der Waals surface area (Å²) in [5.74, 6) is 0.915. The highest BCUT2D eigenvalue weighted by molar-refractivity contribution is 14.0. The van der Waals surface area contributed by atoms with Gasteiger partial charge in [0.05, 0.1) is 25.7 Å². The van der Waals surface area contributed by atoms with Crippen LogP contribution in [0.2, 0.25) is 0 Å². The lowest BCUT2D eigenvalue weighted by molar-refractivity contribution is -0.149. The summed E-state index contributed by atoms with van der Waals surface area (Å²) in [7, 11) is 1.81. The molecular weight excluding hydrogens is 421 g/mol. The van der Waals surface area contributed by atoms with Gasteiger partial charge in [0.25, 0.3) is 0 Å². The van der Waals surface area contributed by atoms with E-state index in [4.69, 9.17) is 9.47 Å². The van der Waals surface area contributed by atoms with E-state index in [1.807, 2.05) is 14.0 Å². The number of piperidine rings is 1. The number of rotatable bonds is 5. The van der Waals surface area contributed by atoms with Crippen molar-refractivity contribution in [3.63, 3.8) is 0 Å². The summed E-state index contributed by atoms with van der Waals surface area (Å²) >= 11 is 0. The van der Waals surface area contributed by atoms with E-state index in [0.717, 1.165) is 64.5 Å². The first kappa shape index (κ1) is 21.2. The molecule has 2 aliphatic rings. The quantitative estimate of drug-likeness (QED) is 0.228. The molecule has 24 heavy (non-hydrogen) atoms. The van der Waals surface area contributed by atoms with Crippen molar-refractivity contribution in [3.05, 3.63) is 11.6 Å². The van der Waals surface area contributed by atoms with Gasteiger partial charge in [0, 0.05) is 26.7 Å². The van der Waals surface area contributed by atoms with Gasteiger partial charge in [-0.15, -0.1) is 24.0 Å². The molecule has 0 amide bonds. The van der Waals surface area contributed by atoms with Crippen molar-refractivity contribution >= 4 is 35.9 Å². The molecule has 0 atom stereocenters. The number of nitrogens with zero attached hydrogens (tertiary/aromatic N) is 2. The Morgan fingerprint density at radius 3 is 2.79 bits per heavy atom. The third-order valence-corrected chi connectivity index (χ3v) is 4.41. The molecule has 1 saturated heterocycles. The van der Waals surface area contributed by atoms with Gasteiger partial charge in [-0.05, 0) is 32.6 Å². The Kier molecular flexibility index (Phi) is 10.3. The van der Waals surface area contributed by atoms with Crippen LogP contribution in [0.3, 0.4) is 0 Å². The topological polar surface area (TPSA) is 63.2 Å². The van der Waals surface area contributed by atoms with E-state index in [2.05, 4.69) is 21.3 Å². The molecule has 0 unspecified atom stereocenters. The lowest BCUT2D eigenvalue weighted by Crippen LogP contribution is -2.47. The first-order chi connectivity index (χ1) is 11.2. The van der Waals surface area contributed by atoms with Gasteiger partial charge in [-0.3, -0.25) is 9.79 Å². The first-order valence-corrected chi connectivity index (χ1v) is 8.62. The van der Waals surface area contributed by atoms with E-state index in [-0.39, 0.29) is 35.9 Å². The molecule has 138 valence electrons. The summed E-state index contributed by atoms with van der Waals surface area (Å²) in [5, 5.41) is 3.43. The highest BCUT2D eigenvalue weighted by atomic mass is 127. The number of hydrogen-bond acceptors (Lipinski definition) is 4. The molecular formula is C17H30IN3O3. The van der Waals surface area contributed by atoms with Crippen LogP contribution in [0.1, 0.15) is 32.6 Å². The number of esters is 1. The molecule has 0 spiro atoms. The second-order valence-electron chi connectivity index (χ2n) is 5.92. The Hall–Kier alpha value is -0.830. The number of hydrogen-bond donors (Lipinski definition) is 1. The van der Waals surface area contributed by atoms with Crippen LogP contribution >= 0.6 is 24.0 Å². The minimum atomic E-state index is -0.0541. The van der Waals surface area contributed by atoms with E-state index in [1.165, 1.54) is 5.57 Å². The molecule has 1 N–H and O–H groups in total. The van der Waals surface area contributed by atoms with Crippen LogP contribution in [0.5, 0.6) is 0 Å². The van der Waals surface area contributed by atoms with Crippen molar-refractivity contribution in [2.75, 3.05) is 46.5 Å². The molecule has 0 saturated carbocycles. The fourth-order valence-electron chi connectivity index (χ4n) is 3.05. The number of carbonyl (C=O) groups excluding carboxylic acids is 1. The molecule has 0 aliphatic carbocycles. The summed E-state index contributed by atoms with van der Waals surface area (Å²) < 4.78 is 10.4. The fourth-order valence-corrected chi connectivity index (χ4v) is 3.05. The van der Waals surface area contributed by atoms with Crippen LogP contribution in [-0.2, 0) is 14.3 Å². The van der Waals surface area contributed by atoms with Gasteiger partial charge in [0.1, 0.15) is 0 Å². The largest absolute Gasteiger partial charge is 0.466 e. The van der Waals surface area contributed by atoms with Crippen LogP contribution in [0.25, 0.3) is 0 Å². The van der Waals surface area contributed by atoms with Crippen molar-refractivity contribution in [2.45, 2.75) is 32.6 Å². The van der Waals surface area contributed by atoms with Gasteiger partial charge in [-0.2, -0.15) is 0 Å². The number of ether oxygens (including phenoxy) is 2. The molecule has 0 radical (unpaired) electrons. The number of guanidine groups is 1. The number of halogens is 1. The predicted octanol–water partition coefficient (Wildman–Crippen LogP) is 2.19. The van der Waals surface area contributed by atoms with Crippen molar-refractivity contribution in [1.29, 1.82) is 0 Å². The van der Waals surface area contributed by atoms with Crippen LogP contribution in [-0.4, -0.2) is 63.3 Å². The highest BCUT2D eigenvalue weighted by Crippen LogP contribution is 2.19. The summed E-state index contributed by atoms with van der Waals surface area (Å²) in [6.07, 6.45) is 5.91. The maximum atomic E-state index is 11.8. The van der Waals surface area contributed by atoms with Gasteiger partial charge in [0.15, 0.2) is 5.96 Å². The molecule has 6 nitrogen and oxygen atoms in total. The predicted molar refractivity (Wildman–Crippen MR) is 106 cm³/mol. The molecule has 0 aromatic carbocycles. The zero-order chi connectivity index (χ0) is 16.5. The Labute approximate surface area is 162 Å². The monoisotopic (exact) mass is 451 g/mol. The summed E-state index contributed by atoms with van der Waals surface area (Å²) in [5.41, 5.74) is 1.46. The summed E-state index contributed by atoms with van der Waals surface area (Å²) in [6.45, 7) is 6.47. The molecule has 2 heterocycles. The van der Waals surface area contributed by atoms with Crippen molar-refractivity contribution in [2.24, 2.45) is 10.9 Å². The van der Waals surface area contributed by atoms with Gasteiger partial charge in [-0.25, -0.2) is 0 Å². The van der Waals surface area contributed by atoms with Crippen molar-refractivity contribution < 1.29 is 14.3 Å². The number of carbonyl (C=O) groups is 1. The van der Waals surface area contributed by atoms with Crippen LogP contribution in [0.15, 0.2) is 16.6 Å². The molecule has 0 aromatic rings. The number of nitrogens with one attached hydrogen (secondary N) is 1. The maximum Gasteiger partial charge on any atom is 0.309 e. The molecule has 0 bridgehead atoms. The van der Waals surface area contributed by atoms with Gasteiger partial charge in [-0.1, -0.05) is 11.6 Å². The second-order valence-corrected chi connectivity index (χ2v) is 5.92. The maximum absolute atomic E-state index is 11.8. The fraction of sp³-hybridized carbons (Fsp3) is 0.765. The Balaban J connectivity index is 0.00000288. The Morgan fingerprint density at radius 2 is 2.21 bits per heavy atom. The molecule has 2 rings (SSSR count). The Bertz CT molecular complexity index is 446. The van der Waals surface area contributed by atoms with E-state index >= 15 is 0 Å². The number of aliphatic imine (C=N–C) groups is 1. The average Bonchev–Trinajstić information content (AvgIpc) is 2.60. The zero-order valence-electron chi connectivity index (χ0n) is 14.8. The minimum Gasteiger partial charge on any atom is -0.466 e. The van der Waals surface area contributed by atoms with Crippen LogP contribution < -0.4 is 5.32 Å². The average molecular weight is 451 g/mol. The van der Waals surface area contributed by atoms with Gasteiger partial charge < -0.3 is 19.7 Å². The van der Waals surface area contributed by atoms with Gasteiger partial charge >= 0.3 is 5.97 Å². The van der Waals surface area contributed by atoms with Crippen LogP contribution in [0.4, 0.5) is 0 Å². The lowest BCUT2D eigenvalue weighted by Gasteiger charge is -2.33. The van der Waals surface area contributed by atoms with E-state index in [1.54, 1.807) is 0 Å². The normalized spacial score (nSPS) is 19.3. The molecule has 1 fully saturated rings. The summed E-state index contributed by atoms with van der Waals surface area (Å²) in [6, 6.07) is 0. The standard InChI is InChI=1S/C17H29N3O3.HI/c1-3-23-16(21)15-5-10-20(11-6-15)17(18-2)19-9-4-14-7-12-22-13-8-14;/h7,15H,3-6,8-13H2,1-2H3,(H,18,19);1H. The van der Waals surface area contributed by atoms with Crippen LogP contribution in [0, 0.1) is 5.92 Å². The van der Waals surface area contributed by atoms with Crippen molar-refractivity contribution in [3.8, 4) is 0 Å². The second kappa shape index (κ2) is 11.7. The molecule has 0 aromatic heterocycles.